The fourth-order valence-corrected chi connectivity index (χ4v) is 0.362. The van der Waals surface area contributed by atoms with Crippen LogP contribution in [0.5, 0.6) is 0 Å². The maximum Gasteiger partial charge on any atom is 1.00 e. The molecule has 4 nitrogen and oxygen atoms in total. The molecule has 0 aliphatic carbocycles. The van der Waals surface area contributed by atoms with Crippen LogP contribution in [0.3, 0.4) is 0 Å². The van der Waals surface area contributed by atoms with Crippen LogP contribution in [0.2, 0.25) is 0 Å². The van der Waals surface area contributed by atoms with Gasteiger partial charge in [0.2, 0.25) is 0 Å². The van der Waals surface area contributed by atoms with E-state index < -0.39 is 11.9 Å². The van der Waals surface area contributed by atoms with Gasteiger partial charge < -0.3 is 10.9 Å². The van der Waals surface area contributed by atoms with Crippen molar-refractivity contribution in [3.05, 3.63) is 0 Å². The molecule has 1 heterocycles. The first-order valence-corrected chi connectivity index (χ1v) is 2.10. The van der Waals surface area contributed by atoms with Gasteiger partial charge in [-0.1, -0.05) is 0 Å². The molecule has 0 radical (unpaired) electrons. The Labute approximate surface area is 75.3 Å². The van der Waals surface area contributed by atoms with Crippen molar-refractivity contribution < 1.29 is 50.0 Å². The van der Waals surface area contributed by atoms with Crippen LogP contribution in [0.1, 0.15) is 1.43 Å². The van der Waals surface area contributed by atoms with Crippen LogP contribution in [0.4, 0.5) is 0 Å². The summed E-state index contributed by atoms with van der Waals surface area (Å²) in [6.07, 6.45) is 0. The third kappa shape index (κ3) is 2.84. The second kappa shape index (κ2) is 3.87. The van der Waals surface area contributed by atoms with Crippen LogP contribution in [-0.2, 0) is 19.1 Å². The quantitative estimate of drug-likeness (QED) is 0.256. The number of esters is 2. The molecule has 0 aromatic carbocycles. The molecule has 1 saturated heterocycles. The van der Waals surface area contributed by atoms with Gasteiger partial charge >= 0.3 is 41.5 Å². The summed E-state index contributed by atoms with van der Waals surface area (Å²) in [5.74, 6) is -0.964. The Morgan fingerprint density at radius 3 is 1.67 bits per heavy atom. The minimum atomic E-state index is -0.482. The molecule has 0 saturated carbocycles. The molecule has 5 heteroatoms. The van der Waals surface area contributed by atoms with E-state index in [1.165, 1.54) is 0 Å². The van der Waals surface area contributed by atoms with Crippen LogP contribution in [0, 0.1) is 0 Å². The first-order valence-electron chi connectivity index (χ1n) is 2.10. The molecule has 0 unspecified atom stereocenters. The fraction of sp³-hybridized carbons (Fsp3) is 0.500. The monoisotopic (exact) mass is 140 g/mol. The van der Waals surface area contributed by atoms with Crippen LogP contribution in [0.15, 0.2) is 0 Å². The van der Waals surface area contributed by atoms with E-state index in [-0.39, 0.29) is 44.2 Å². The van der Waals surface area contributed by atoms with Crippen LogP contribution >= 0.6 is 0 Å². The normalized spacial score (nSPS) is 17.3. The average Bonchev–Trinajstić information content (AvgIpc) is 1.77. The zero-order valence-corrected chi connectivity index (χ0v) is 7.05. The second-order valence-electron chi connectivity index (χ2n) is 1.32. The van der Waals surface area contributed by atoms with Crippen molar-refractivity contribution in [3.8, 4) is 0 Å². The van der Waals surface area contributed by atoms with Gasteiger partial charge in [0.15, 0.2) is 13.2 Å². The first kappa shape index (κ1) is 8.94. The topological polar surface area (TPSA) is 52.6 Å². The third-order valence-electron chi connectivity index (χ3n) is 0.702. The van der Waals surface area contributed by atoms with Gasteiger partial charge in [-0.2, -0.15) is 0 Å². The average molecular weight is 140 g/mol. The molecule has 0 bridgehead atoms. The Morgan fingerprint density at radius 1 is 1.11 bits per heavy atom. The molecule has 0 aromatic rings. The molecule has 0 N–H and O–H groups in total. The Morgan fingerprint density at radius 2 is 1.44 bits per heavy atom. The molecule has 0 amide bonds. The van der Waals surface area contributed by atoms with Crippen molar-refractivity contribution in [2.24, 2.45) is 0 Å². The van der Waals surface area contributed by atoms with E-state index in [4.69, 9.17) is 0 Å². The van der Waals surface area contributed by atoms with E-state index in [0.29, 0.717) is 0 Å². The van der Waals surface area contributed by atoms with E-state index in [0.717, 1.165) is 0 Å². The van der Waals surface area contributed by atoms with E-state index >= 15 is 0 Å². The van der Waals surface area contributed by atoms with Crippen molar-refractivity contribution in [1.29, 1.82) is 0 Å². The van der Waals surface area contributed by atoms with E-state index in [1.807, 2.05) is 0 Å². The van der Waals surface area contributed by atoms with Crippen LogP contribution < -0.4 is 29.6 Å². The SMILES string of the molecule is O=C1COC(=O)CO1.[H-].[Na+]. The zero-order valence-electron chi connectivity index (χ0n) is 6.05. The van der Waals surface area contributed by atoms with Crippen LogP contribution in [0.25, 0.3) is 0 Å². The summed E-state index contributed by atoms with van der Waals surface area (Å²) in [6, 6.07) is 0. The van der Waals surface area contributed by atoms with Crippen molar-refractivity contribution in [3.63, 3.8) is 0 Å². The maximum absolute atomic E-state index is 10.1. The van der Waals surface area contributed by atoms with E-state index in [1.54, 1.807) is 0 Å². The molecule has 1 aliphatic rings. The molecule has 0 atom stereocenters. The number of ether oxygens (including phenoxy) is 2. The predicted octanol–water partition coefficient (Wildman–Crippen LogP) is -3.80. The van der Waals surface area contributed by atoms with Crippen molar-refractivity contribution in [2.75, 3.05) is 13.2 Å². The van der Waals surface area contributed by atoms with Crippen molar-refractivity contribution in [1.82, 2.24) is 0 Å². The Kier molecular flexibility index (Phi) is 3.84. The Hall–Kier alpha value is -0.0600. The van der Waals surface area contributed by atoms with Gasteiger partial charge in [-0.05, 0) is 0 Å². The summed E-state index contributed by atoms with van der Waals surface area (Å²) in [4.78, 5) is 20.2. The van der Waals surface area contributed by atoms with Gasteiger partial charge in [0, 0.05) is 0 Å². The van der Waals surface area contributed by atoms with Gasteiger partial charge in [0.05, 0.1) is 0 Å². The number of hydrogen-bond donors (Lipinski definition) is 0. The van der Waals surface area contributed by atoms with Gasteiger partial charge in [0.1, 0.15) is 0 Å². The largest absolute Gasteiger partial charge is 1.00 e. The van der Waals surface area contributed by atoms with Crippen LogP contribution in [-0.4, -0.2) is 25.2 Å². The smallest absolute Gasteiger partial charge is 1.00 e. The Bertz CT molecular complexity index is 109. The summed E-state index contributed by atoms with van der Waals surface area (Å²) < 4.78 is 8.55. The summed E-state index contributed by atoms with van der Waals surface area (Å²) in [7, 11) is 0. The molecule has 9 heavy (non-hydrogen) atoms. The second-order valence-corrected chi connectivity index (χ2v) is 1.32. The van der Waals surface area contributed by atoms with Gasteiger partial charge in [-0.15, -0.1) is 0 Å². The summed E-state index contributed by atoms with van der Waals surface area (Å²) >= 11 is 0. The van der Waals surface area contributed by atoms with E-state index in [9.17, 15) is 9.59 Å². The number of hydrogen-bond acceptors (Lipinski definition) is 4. The summed E-state index contributed by atoms with van der Waals surface area (Å²) in [6.45, 7) is -0.475. The minimum Gasteiger partial charge on any atom is -1.00 e. The maximum atomic E-state index is 10.1. The summed E-state index contributed by atoms with van der Waals surface area (Å²) in [5.41, 5.74) is 0. The van der Waals surface area contributed by atoms with E-state index in [2.05, 4.69) is 9.47 Å². The predicted molar refractivity (Wildman–Crippen MR) is 23.0 cm³/mol. The molecule has 1 aliphatic heterocycles. The standard InChI is InChI=1S/C4H4O4.Na.H/c5-3-1-7-4(6)2-8-3;;/h1-2H2;;/q;+1;-1. The number of carbonyl (C=O) groups is 2. The molecular weight excluding hydrogens is 135 g/mol. The molecule has 1 rings (SSSR count). The molecular formula is C4H5NaO4. The number of rotatable bonds is 0. The third-order valence-corrected chi connectivity index (χ3v) is 0.702. The molecule has 1 fully saturated rings. The Balaban J connectivity index is 0. The van der Waals surface area contributed by atoms with Crippen molar-refractivity contribution >= 4 is 11.9 Å². The first-order chi connectivity index (χ1) is 3.79. The minimum absolute atomic E-state index is 0. The number of cyclic esters (lactones) is 2. The zero-order chi connectivity index (χ0) is 5.98. The molecule has 0 aromatic heterocycles. The molecule has 46 valence electrons. The van der Waals surface area contributed by atoms with Crippen molar-refractivity contribution in [2.45, 2.75) is 0 Å². The van der Waals surface area contributed by atoms with Gasteiger partial charge in [0.25, 0.3) is 0 Å². The summed E-state index contributed by atoms with van der Waals surface area (Å²) in [5, 5.41) is 0. The molecule has 0 spiro atoms. The number of carbonyl (C=O) groups excluding carboxylic acids is 2. The van der Waals surface area contributed by atoms with Gasteiger partial charge in [-0.25, -0.2) is 9.59 Å². The van der Waals surface area contributed by atoms with Gasteiger partial charge in [-0.3, -0.25) is 0 Å². The fourth-order valence-electron chi connectivity index (χ4n) is 0.362.